The van der Waals surface area contributed by atoms with Crippen LogP contribution >= 0.6 is 0 Å². The number of benzene rings is 2. The van der Waals surface area contributed by atoms with Gasteiger partial charge in [-0.1, -0.05) is 60.7 Å². The van der Waals surface area contributed by atoms with Gasteiger partial charge in [0.2, 0.25) is 0 Å². The predicted molar refractivity (Wildman–Crippen MR) is 81.5 cm³/mol. The lowest BCUT2D eigenvalue weighted by Gasteiger charge is -2.11. The van der Waals surface area contributed by atoms with Gasteiger partial charge < -0.3 is 20.1 Å². The molecule has 4 N–H and O–H groups in total. The van der Waals surface area contributed by atoms with Crippen molar-refractivity contribution in [2.45, 2.75) is 0 Å². The Kier molecular flexibility index (Phi) is 4.76. The molecule has 100 valence electrons. The van der Waals surface area contributed by atoms with Crippen LogP contribution in [0.1, 0.15) is 11.1 Å². The maximum atomic E-state index is 9.43. The Morgan fingerprint density at radius 3 is 2.00 bits per heavy atom. The minimum atomic E-state index is -1.77. The van der Waals surface area contributed by atoms with E-state index in [9.17, 15) is 20.1 Å². The number of hydrogen-bond acceptors (Lipinski definition) is 4. The van der Waals surface area contributed by atoms with E-state index in [1.807, 2.05) is 36.4 Å². The van der Waals surface area contributed by atoms with E-state index in [1.165, 1.54) is 6.07 Å². The van der Waals surface area contributed by atoms with E-state index in [2.05, 4.69) is 0 Å². The Morgan fingerprint density at radius 2 is 1.40 bits per heavy atom. The van der Waals surface area contributed by atoms with Crippen LogP contribution in [-0.4, -0.2) is 34.3 Å². The average molecular weight is 268 g/mol. The monoisotopic (exact) mass is 268 g/mol. The summed E-state index contributed by atoms with van der Waals surface area (Å²) in [5, 5.41) is 37.4. The fraction of sp³-hybridized carbons (Fsp3) is 0. The lowest BCUT2D eigenvalue weighted by Crippen LogP contribution is -2.50. The summed E-state index contributed by atoms with van der Waals surface area (Å²) in [6, 6.07) is 14.3. The smallest absolute Gasteiger partial charge is 0.423 e. The molecule has 0 aliphatic carbocycles. The van der Waals surface area contributed by atoms with Crippen molar-refractivity contribution in [2.75, 3.05) is 0 Å². The Balaban J connectivity index is 2.41. The van der Waals surface area contributed by atoms with Crippen molar-refractivity contribution in [3.05, 3.63) is 59.7 Å². The Hall–Kier alpha value is -1.85. The molecule has 0 saturated heterocycles. The van der Waals surface area contributed by atoms with Gasteiger partial charge in [-0.25, -0.2) is 0 Å². The summed E-state index contributed by atoms with van der Waals surface area (Å²) >= 11 is 0. The molecule has 0 bridgehead atoms. The van der Waals surface area contributed by atoms with Crippen LogP contribution in [-0.2, 0) is 0 Å². The van der Waals surface area contributed by atoms with Crippen LogP contribution in [0, 0.1) is 0 Å². The van der Waals surface area contributed by atoms with E-state index in [0.717, 1.165) is 5.56 Å². The van der Waals surface area contributed by atoms with Crippen LogP contribution in [0.15, 0.2) is 48.5 Å². The van der Waals surface area contributed by atoms with Crippen LogP contribution in [0.5, 0.6) is 0 Å². The largest absolute Gasteiger partial charge is 0.488 e. The summed E-state index contributed by atoms with van der Waals surface area (Å²) in [6.45, 7) is 0. The van der Waals surface area contributed by atoms with Crippen LogP contribution in [0.2, 0.25) is 0 Å². The molecule has 2 aromatic rings. The minimum absolute atomic E-state index is 0.0789. The molecule has 0 atom stereocenters. The molecule has 20 heavy (non-hydrogen) atoms. The topological polar surface area (TPSA) is 80.9 Å². The molecule has 0 aromatic heterocycles. The standard InChI is InChI=1S/C14H14B2O4/c17-15(18)13-8-4-7-12(14(13)16(19)20)10-9-11-5-2-1-3-6-11/h1-10,17-20H. The fourth-order valence-corrected chi connectivity index (χ4v) is 2.02. The van der Waals surface area contributed by atoms with Crippen molar-refractivity contribution in [3.63, 3.8) is 0 Å². The van der Waals surface area contributed by atoms with E-state index in [-0.39, 0.29) is 10.9 Å². The van der Waals surface area contributed by atoms with Crippen molar-refractivity contribution < 1.29 is 20.1 Å². The Bertz CT molecular complexity index is 597. The number of hydrogen-bond donors (Lipinski definition) is 4. The van der Waals surface area contributed by atoms with Crippen molar-refractivity contribution in [2.24, 2.45) is 0 Å². The molecule has 0 fully saturated rings. The highest BCUT2D eigenvalue weighted by Gasteiger charge is 2.25. The lowest BCUT2D eigenvalue weighted by molar-refractivity contribution is 0.419. The molecular weight excluding hydrogens is 254 g/mol. The zero-order valence-corrected chi connectivity index (χ0v) is 10.7. The third-order valence-corrected chi connectivity index (χ3v) is 2.96. The first kappa shape index (κ1) is 14.6. The molecule has 0 spiro atoms. The zero-order valence-electron chi connectivity index (χ0n) is 10.7. The summed E-state index contributed by atoms with van der Waals surface area (Å²) in [5.41, 5.74) is 1.65. The molecule has 6 heteroatoms. The van der Waals surface area contributed by atoms with Gasteiger partial charge in [0.1, 0.15) is 0 Å². The average Bonchev–Trinajstić information content (AvgIpc) is 2.45. The zero-order chi connectivity index (χ0) is 14.5. The fourth-order valence-electron chi connectivity index (χ4n) is 2.02. The van der Waals surface area contributed by atoms with Gasteiger partial charge in [-0.15, -0.1) is 0 Å². The van der Waals surface area contributed by atoms with E-state index in [4.69, 9.17) is 0 Å². The SMILES string of the molecule is OB(O)c1cccc(C=Cc2ccccc2)c1B(O)O. The highest BCUT2D eigenvalue weighted by molar-refractivity contribution is 6.72. The molecule has 0 radical (unpaired) electrons. The predicted octanol–water partition coefficient (Wildman–Crippen LogP) is -0.783. The molecule has 0 aliphatic heterocycles. The van der Waals surface area contributed by atoms with Crippen molar-refractivity contribution in [3.8, 4) is 0 Å². The first-order chi connectivity index (χ1) is 9.59. The van der Waals surface area contributed by atoms with Gasteiger partial charge in [0.15, 0.2) is 0 Å². The Morgan fingerprint density at radius 1 is 0.700 bits per heavy atom. The molecule has 0 heterocycles. The van der Waals surface area contributed by atoms with Crippen LogP contribution in [0.4, 0.5) is 0 Å². The highest BCUT2D eigenvalue weighted by Crippen LogP contribution is 2.06. The van der Waals surface area contributed by atoms with Crippen molar-refractivity contribution in [1.29, 1.82) is 0 Å². The molecule has 0 amide bonds. The lowest BCUT2D eigenvalue weighted by atomic mass is 9.64. The molecule has 2 rings (SSSR count). The van der Waals surface area contributed by atoms with Gasteiger partial charge in [0.25, 0.3) is 0 Å². The van der Waals surface area contributed by atoms with Crippen LogP contribution in [0.3, 0.4) is 0 Å². The first-order valence-electron chi connectivity index (χ1n) is 6.18. The van der Waals surface area contributed by atoms with E-state index in [0.29, 0.717) is 5.56 Å². The molecule has 0 unspecified atom stereocenters. The van der Waals surface area contributed by atoms with E-state index >= 15 is 0 Å². The van der Waals surface area contributed by atoms with Gasteiger partial charge in [0, 0.05) is 0 Å². The highest BCUT2D eigenvalue weighted by atomic mass is 16.4. The van der Waals surface area contributed by atoms with Gasteiger partial charge in [0.05, 0.1) is 0 Å². The maximum absolute atomic E-state index is 9.43. The van der Waals surface area contributed by atoms with Gasteiger partial charge in [-0.3, -0.25) is 0 Å². The molecular formula is C14H14B2O4. The third kappa shape index (κ3) is 3.37. The second-order valence-electron chi connectivity index (χ2n) is 4.34. The van der Waals surface area contributed by atoms with Gasteiger partial charge in [-0.05, 0) is 22.1 Å². The molecule has 0 saturated carbocycles. The maximum Gasteiger partial charge on any atom is 0.488 e. The Labute approximate surface area is 117 Å². The second kappa shape index (κ2) is 6.54. The van der Waals surface area contributed by atoms with Crippen LogP contribution < -0.4 is 10.9 Å². The van der Waals surface area contributed by atoms with Crippen molar-refractivity contribution in [1.82, 2.24) is 0 Å². The summed E-state index contributed by atoms with van der Waals surface area (Å²) in [5.74, 6) is 0. The summed E-state index contributed by atoms with van der Waals surface area (Å²) in [4.78, 5) is 0. The molecule has 4 nitrogen and oxygen atoms in total. The quantitative estimate of drug-likeness (QED) is 0.433. The summed E-state index contributed by atoms with van der Waals surface area (Å²) < 4.78 is 0. The van der Waals surface area contributed by atoms with Gasteiger partial charge in [-0.2, -0.15) is 0 Å². The van der Waals surface area contributed by atoms with Crippen LogP contribution in [0.25, 0.3) is 12.2 Å². The normalized spacial score (nSPS) is 10.8. The van der Waals surface area contributed by atoms with Gasteiger partial charge >= 0.3 is 14.2 Å². The third-order valence-electron chi connectivity index (χ3n) is 2.96. The number of rotatable bonds is 4. The van der Waals surface area contributed by atoms with E-state index < -0.39 is 14.2 Å². The first-order valence-corrected chi connectivity index (χ1v) is 6.18. The molecule has 0 aliphatic rings. The second-order valence-corrected chi connectivity index (χ2v) is 4.34. The van der Waals surface area contributed by atoms with E-state index in [1.54, 1.807) is 18.2 Å². The minimum Gasteiger partial charge on any atom is -0.423 e. The molecule has 2 aromatic carbocycles. The van der Waals surface area contributed by atoms with Crippen molar-refractivity contribution >= 4 is 37.3 Å². The summed E-state index contributed by atoms with van der Waals surface area (Å²) in [7, 11) is -3.53. The summed E-state index contributed by atoms with van der Waals surface area (Å²) in [6.07, 6.45) is 3.52.